The third kappa shape index (κ3) is 1.61. The molecule has 13 heavy (non-hydrogen) atoms. The van der Waals surface area contributed by atoms with Crippen LogP contribution in [0.25, 0.3) is 0 Å². The Kier molecular flexibility index (Phi) is 2.12. The Morgan fingerprint density at radius 1 is 1.38 bits per heavy atom. The van der Waals surface area contributed by atoms with Gasteiger partial charge in [-0.15, -0.1) is 0 Å². The Balaban J connectivity index is 2.07. The first kappa shape index (κ1) is 8.41. The van der Waals surface area contributed by atoms with Crippen molar-refractivity contribution in [2.45, 2.75) is 19.3 Å². The van der Waals surface area contributed by atoms with E-state index < -0.39 is 0 Å². The van der Waals surface area contributed by atoms with E-state index in [1.807, 2.05) is 0 Å². The zero-order chi connectivity index (χ0) is 9.26. The van der Waals surface area contributed by atoms with Gasteiger partial charge in [0.2, 0.25) is 0 Å². The first-order valence-electron chi connectivity index (χ1n) is 4.49. The molecule has 0 spiro atoms. The molecule has 70 valence electrons. The van der Waals surface area contributed by atoms with Crippen LogP contribution in [0.3, 0.4) is 0 Å². The van der Waals surface area contributed by atoms with E-state index in [9.17, 15) is 9.59 Å². The van der Waals surface area contributed by atoms with E-state index in [1.165, 1.54) is 0 Å². The smallest absolute Gasteiger partial charge is 0.194 e. The second kappa shape index (κ2) is 3.28. The van der Waals surface area contributed by atoms with Crippen LogP contribution in [-0.4, -0.2) is 30.6 Å². The molecule has 2 rings (SSSR count). The molecule has 4 nitrogen and oxygen atoms in total. The summed E-state index contributed by atoms with van der Waals surface area (Å²) < 4.78 is 5.22. The quantitative estimate of drug-likeness (QED) is 0.548. The third-order valence-corrected chi connectivity index (χ3v) is 2.38. The highest BCUT2D eigenvalue weighted by atomic mass is 16.5. The minimum Gasteiger partial charge on any atom is -0.478 e. The van der Waals surface area contributed by atoms with Gasteiger partial charge in [-0.25, -0.2) is 0 Å². The maximum atomic E-state index is 11.4. The number of aliphatic imine (C=N–C) groups is 1. The molecule has 1 fully saturated rings. The lowest BCUT2D eigenvalue weighted by molar-refractivity contribution is -0.131. The summed E-state index contributed by atoms with van der Waals surface area (Å²) in [5.74, 6) is 0.328. The fraction of sp³-hybridized carbons (Fsp3) is 0.667. The minimum absolute atomic E-state index is 0.0306. The van der Waals surface area contributed by atoms with Crippen molar-refractivity contribution in [1.29, 1.82) is 0 Å². The van der Waals surface area contributed by atoms with Crippen LogP contribution in [0.1, 0.15) is 19.3 Å². The summed E-state index contributed by atoms with van der Waals surface area (Å²) in [5.41, 5.74) is 0. The highest BCUT2D eigenvalue weighted by molar-refractivity contribution is 6.11. The number of ketones is 2. The molecule has 0 bridgehead atoms. The topological polar surface area (TPSA) is 55.7 Å². The molecule has 0 N–H and O–H groups in total. The van der Waals surface area contributed by atoms with Gasteiger partial charge in [0, 0.05) is 6.42 Å². The number of Topliss-reactive ketones (excluding diaryl/α,β-unsaturated/α-hetero) is 2. The first-order chi connectivity index (χ1) is 6.27. The Morgan fingerprint density at radius 2 is 2.23 bits per heavy atom. The molecule has 0 saturated heterocycles. The number of ether oxygens (including phenoxy) is 1. The molecular weight excluding hydrogens is 170 g/mol. The Labute approximate surface area is 76.0 Å². The number of carbonyl (C=O) groups excluding carboxylic acids is 2. The van der Waals surface area contributed by atoms with E-state index in [4.69, 9.17) is 4.74 Å². The molecule has 1 saturated carbocycles. The summed E-state index contributed by atoms with van der Waals surface area (Å²) >= 11 is 0. The molecule has 1 atom stereocenters. The summed E-state index contributed by atoms with van der Waals surface area (Å²) in [6, 6.07) is 0. The molecule has 1 heterocycles. The first-order valence-corrected chi connectivity index (χ1v) is 4.49. The molecule has 0 aromatic carbocycles. The van der Waals surface area contributed by atoms with Crippen LogP contribution in [0, 0.1) is 5.92 Å². The van der Waals surface area contributed by atoms with Crippen LogP contribution < -0.4 is 0 Å². The fourth-order valence-corrected chi connectivity index (χ4v) is 1.70. The molecule has 2 aliphatic rings. The van der Waals surface area contributed by atoms with Crippen molar-refractivity contribution in [3.05, 3.63) is 0 Å². The average molecular weight is 181 g/mol. The highest BCUT2D eigenvalue weighted by Crippen LogP contribution is 2.21. The van der Waals surface area contributed by atoms with Crippen molar-refractivity contribution in [2.24, 2.45) is 10.9 Å². The van der Waals surface area contributed by atoms with Crippen LogP contribution >= 0.6 is 0 Å². The second-order valence-electron chi connectivity index (χ2n) is 3.34. The van der Waals surface area contributed by atoms with Gasteiger partial charge < -0.3 is 4.74 Å². The van der Waals surface area contributed by atoms with E-state index in [0.29, 0.717) is 31.9 Å². The molecule has 1 aliphatic heterocycles. The Morgan fingerprint density at radius 3 is 2.85 bits per heavy atom. The van der Waals surface area contributed by atoms with Gasteiger partial charge in [0.1, 0.15) is 12.4 Å². The van der Waals surface area contributed by atoms with Crippen molar-refractivity contribution in [3.8, 4) is 0 Å². The van der Waals surface area contributed by atoms with Gasteiger partial charge in [-0.2, -0.15) is 0 Å². The van der Waals surface area contributed by atoms with Crippen molar-refractivity contribution >= 4 is 17.5 Å². The van der Waals surface area contributed by atoms with E-state index in [2.05, 4.69) is 4.99 Å². The van der Waals surface area contributed by atoms with Crippen LogP contribution in [0.4, 0.5) is 0 Å². The lowest BCUT2D eigenvalue weighted by Crippen LogP contribution is -2.31. The van der Waals surface area contributed by atoms with E-state index in [1.54, 1.807) is 0 Å². The normalized spacial score (nSPS) is 28.6. The number of hydrogen-bond acceptors (Lipinski definition) is 4. The largest absolute Gasteiger partial charge is 0.478 e. The van der Waals surface area contributed by atoms with Gasteiger partial charge in [-0.05, 0) is 6.42 Å². The SMILES string of the molecule is O=C1CCC(C2=NCCO2)C(=O)C1. The molecule has 0 aromatic rings. The molecule has 4 heteroatoms. The van der Waals surface area contributed by atoms with Crippen LogP contribution in [0.5, 0.6) is 0 Å². The Hall–Kier alpha value is -1.19. The van der Waals surface area contributed by atoms with Gasteiger partial charge in [0.05, 0.1) is 18.9 Å². The molecular formula is C9H11NO3. The van der Waals surface area contributed by atoms with E-state index in [0.717, 1.165) is 0 Å². The van der Waals surface area contributed by atoms with Gasteiger partial charge in [0.15, 0.2) is 11.7 Å². The van der Waals surface area contributed by atoms with Crippen LogP contribution in [-0.2, 0) is 14.3 Å². The monoisotopic (exact) mass is 181 g/mol. The maximum Gasteiger partial charge on any atom is 0.194 e. The van der Waals surface area contributed by atoms with Gasteiger partial charge in [-0.1, -0.05) is 0 Å². The van der Waals surface area contributed by atoms with Crippen molar-refractivity contribution in [2.75, 3.05) is 13.2 Å². The molecule has 0 aromatic heterocycles. The minimum atomic E-state index is -0.236. The number of rotatable bonds is 1. The van der Waals surface area contributed by atoms with Gasteiger partial charge in [0.25, 0.3) is 0 Å². The third-order valence-electron chi connectivity index (χ3n) is 2.38. The predicted octanol–water partition coefficient (Wildman–Crippen LogP) is 0.353. The fourth-order valence-electron chi connectivity index (χ4n) is 1.70. The summed E-state index contributed by atoms with van der Waals surface area (Å²) in [6.45, 7) is 1.22. The van der Waals surface area contributed by atoms with E-state index in [-0.39, 0.29) is 23.9 Å². The summed E-state index contributed by atoms with van der Waals surface area (Å²) in [6.07, 6.45) is 1.13. The molecule has 1 unspecified atom stereocenters. The lowest BCUT2D eigenvalue weighted by Gasteiger charge is -2.18. The molecule has 1 aliphatic carbocycles. The number of carbonyl (C=O) groups is 2. The molecule has 0 radical (unpaired) electrons. The van der Waals surface area contributed by atoms with Gasteiger partial charge >= 0.3 is 0 Å². The number of hydrogen-bond donors (Lipinski definition) is 0. The summed E-state index contributed by atoms with van der Waals surface area (Å²) in [7, 11) is 0. The maximum absolute atomic E-state index is 11.4. The summed E-state index contributed by atoms with van der Waals surface area (Å²) in [4.78, 5) is 26.4. The van der Waals surface area contributed by atoms with Gasteiger partial charge in [-0.3, -0.25) is 14.6 Å². The molecule has 0 amide bonds. The second-order valence-corrected chi connectivity index (χ2v) is 3.34. The van der Waals surface area contributed by atoms with Crippen molar-refractivity contribution in [1.82, 2.24) is 0 Å². The Bertz CT molecular complexity index is 283. The van der Waals surface area contributed by atoms with Crippen molar-refractivity contribution in [3.63, 3.8) is 0 Å². The standard InChI is InChI=1S/C9H11NO3/c11-6-1-2-7(8(12)5-6)9-10-3-4-13-9/h7H,1-5H2. The average Bonchev–Trinajstić information content (AvgIpc) is 2.56. The number of nitrogens with zero attached hydrogens (tertiary/aromatic N) is 1. The van der Waals surface area contributed by atoms with E-state index >= 15 is 0 Å². The van der Waals surface area contributed by atoms with Crippen LogP contribution in [0.2, 0.25) is 0 Å². The van der Waals surface area contributed by atoms with Crippen molar-refractivity contribution < 1.29 is 14.3 Å². The zero-order valence-corrected chi connectivity index (χ0v) is 7.28. The predicted molar refractivity (Wildman–Crippen MR) is 45.6 cm³/mol. The zero-order valence-electron chi connectivity index (χ0n) is 7.28. The lowest BCUT2D eigenvalue weighted by atomic mass is 9.87. The highest BCUT2D eigenvalue weighted by Gasteiger charge is 2.33. The summed E-state index contributed by atoms with van der Waals surface area (Å²) in [5, 5.41) is 0. The van der Waals surface area contributed by atoms with Crippen LogP contribution in [0.15, 0.2) is 4.99 Å².